The third kappa shape index (κ3) is 2.44. The maximum absolute atomic E-state index is 6.13. The Morgan fingerprint density at radius 1 is 1.33 bits per heavy atom. The predicted octanol–water partition coefficient (Wildman–Crippen LogP) is 5.65. The summed E-state index contributed by atoms with van der Waals surface area (Å²) in [5.74, 6) is 0. The fourth-order valence-electron chi connectivity index (χ4n) is 2.42. The van der Waals surface area contributed by atoms with E-state index in [2.05, 4.69) is 38.8 Å². The van der Waals surface area contributed by atoms with Crippen LogP contribution in [0, 0.1) is 0 Å². The van der Waals surface area contributed by atoms with Crippen molar-refractivity contribution < 1.29 is 0 Å². The largest absolute Gasteiger partial charge is 0.378 e. The highest BCUT2D eigenvalue weighted by atomic mass is 79.9. The van der Waals surface area contributed by atoms with Crippen LogP contribution in [0.3, 0.4) is 0 Å². The van der Waals surface area contributed by atoms with E-state index in [0.29, 0.717) is 6.04 Å². The molecule has 4 heteroatoms. The van der Waals surface area contributed by atoms with Gasteiger partial charge in [0.1, 0.15) is 0 Å². The van der Waals surface area contributed by atoms with Gasteiger partial charge in [-0.3, -0.25) is 0 Å². The lowest BCUT2D eigenvalue weighted by Gasteiger charge is -2.24. The summed E-state index contributed by atoms with van der Waals surface area (Å²) in [6.07, 6.45) is 3.68. The number of anilines is 1. The van der Waals surface area contributed by atoms with E-state index >= 15 is 0 Å². The molecule has 1 nitrogen and oxygen atoms in total. The van der Waals surface area contributed by atoms with Gasteiger partial charge in [0.05, 0.1) is 11.1 Å². The van der Waals surface area contributed by atoms with Crippen LogP contribution in [0.2, 0.25) is 5.02 Å². The van der Waals surface area contributed by atoms with E-state index < -0.39 is 0 Å². The first kappa shape index (κ1) is 12.5. The first-order valence-electron chi connectivity index (χ1n) is 6.02. The number of aryl methyl sites for hydroxylation is 1. The van der Waals surface area contributed by atoms with Gasteiger partial charge in [-0.2, -0.15) is 0 Å². The number of halogens is 2. The molecule has 0 radical (unpaired) electrons. The van der Waals surface area contributed by atoms with Gasteiger partial charge in [-0.1, -0.05) is 11.6 Å². The van der Waals surface area contributed by atoms with Crippen molar-refractivity contribution in [2.24, 2.45) is 0 Å². The quantitative estimate of drug-likeness (QED) is 0.743. The molecule has 0 fully saturated rings. The van der Waals surface area contributed by atoms with Crippen LogP contribution >= 0.6 is 38.9 Å². The number of hydrogen-bond acceptors (Lipinski definition) is 2. The van der Waals surface area contributed by atoms with Crippen LogP contribution in [0.15, 0.2) is 34.1 Å². The highest BCUT2D eigenvalue weighted by Crippen LogP contribution is 2.36. The fraction of sp³-hybridized carbons (Fsp3) is 0.286. The number of hydrogen-bond donors (Lipinski definition) is 1. The first-order valence-corrected chi connectivity index (χ1v) is 8.07. The Balaban J connectivity index is 1.84. The van der Waals surface area contributed by atoms with Gasteiger partial charge in [-0.05, 0) is 70.4 Å². The molecule has 0 saturated heterocycles. The van der Waals surface area contributed by atoms with Crippen LogP contribution in [0.5, 0.6) is 0 Å². The molecular weight excluding hydrogens is 330 g/mol. The summed E-state index contributed by atoms with van der Waals surface area (Å²) in [6.45, 7) is 0. The summed E-state index contributed by atoms with van der Waals surface area (Å²) < 4.78 is 0.939. The number of fused-ring (bicyclic) bond motifs is 1. The molecule has 0 spiro atoms. The van der Waals surface area contributed by atoms with Gasteiger partial charge in [-0.25, -0.2) is 0 Å². The van der Waals surface area contributed by atoms with Crippen LogP contribution in [0.4, 0.5) is 5.69 Å². The lowest BCUT2D eigenvalue weighted by molar-refractivity contribution is 0.609. The van der Waals surface area contributed by atoms with Crippen LogP contribution in [0.1, 0.15) is 29.3 Å². The summed E-state index contributed by atoms with van der Waals surface area (Å²) in [7, 11) is 0. The normalized spacial score (nSPS) is 18.4. The Labute approximate surface area is 124 Å². The first-order chi connectivity index (χ1) is 8.74. The molecule has 1 heterocycles. The third-order valence-corrected chi connectivity index (χ3v) is 5.54. The molecule has 1 atom stereocenters. The number of benzene rings is 1. The molecule has 2 aromatic rings. The van der Waals surface area contributed by atoms with E-state index in [4.69, 9.17) is 11.6 Å². The molecule has 0 saturated carbocycles. The van der Waals surface area contributed by atoms with Crippen molar-refractivity contribution in [1.82, 2.24) is 0 Å². The van der Waals surface area contributed by atoms with Crippen molar-refractivity contribution in [3.05, 3.63) is 49.6 Å². The van der Waals surface area contributed by atoms with Crippen molar-refractivity contribution in [2.45, 2.75) is 25.3 Å². The Bertz CT molecular complexity index is 567. The van der Waals surface area contributed by atoms with E-state index in [1.54, 1.807) is 0 Å². The van der Waals surface area contributed by atoms with Crippen molar-refractivity contribution in [2.75, 3.05) is 5.32 Å². The average molecular weight is 343 g/mol. The van der Waals surface area contributed by atoms with Crippen LogP contribution in [-0.2, 0) is 6.42 Å². The Morgan fingerprint density at radius 2 is 2.22 bits per heavy atom. The standard InChI is InChI=1S/C14H13BrClNS/c15-11-5-4-9(8-12(11)16)17-13-2-1-3-14-10(13)6-7-18-14/h4-8,13,17H,1-3H2. The summed E-state index contributed by atoms with van der Waals surface area (Å²) >= 11 is 11.4. The third-order valence-electron chi connectivity index (χ3n) is 3.31. The van der Waals surface area contributed by atoms with Gasteiger partial charge in [0.2, 0.25) is 0 Å². The van der Waals surface area contributed by atoms with E-state index in [0.717, 1.165) is 15.2 Å². The van der Waals surface area contributed by atoms with Gasteiger partial charge in [0.15, 0.2) is 0 Å². The lowest BCUT2D eigenvalue weighted by atomic mass is 9.94. The number of nitrogens with one attached hydrogen (secondary N) is 1. The lowest BCUT2D eigenvalue weighted by Crippen LogP contribution is -2.15. The Kier molecular flexibility index (Phi) is 3.64. The highest BCUT2D eigenvalue weighted by Gasteiger charge is 2.20. The van der Waals surface area contributed by atoms with Crippen LogP contribution in [0.25, 0.3) is 0 Å². The Morgan fingerprint density at radius 3 is 3.06 bits per heavy atom. The molecule has 1 aliphatic rings. The van der Waals surface area contributed by atoms with E-state index in [-0.39, 0.29) is 0 Å². The van der Waals surface area contributed by atoms with Crippen LogP contribution < -0.4 is 5.32 Å². The zero-order valence-corrected chi connectivity index (χ0v) is 12.9. The molecular formula is C14H13BrClNS. The zero-order chi connectivity index (χ0) is 12.5. The molecule has 94 valence electrons. The minimum atomic E-state index is 0.428. The topological polar surface area (TPSA) is 12.0 Å². The second kappa shape index (κ2) is 5.24. The Hall–Kier alpha value is -0.510. The van der Waals surface area contributed by atoms with Crippen molar-refractivity contribution in [3.8, 4) is 0 Å². The second-order valence-electron chi connectivity index (χ2n) is 4.52. The molecule has 0 bridgehead atoms. The molecule has 0 amide bonds. The molecule has 1 unspecified atom stereocenters. The zero-order valence-electron chi connectivity index (χ0n) is 9.75. The average Bonchev–Trinajstić information content (AvgIpc) is 2.83. The van der Waals surface area contributed by atoms with Crippen molar-refractivity contribution >= 4 is 44.6 Å². The molecule has 1 aromatic carbocycles. The van der Waals surface area contributed by atoms with E-state index in [1.807, 2.05) is 23.5 Å². The minimum absolute atomic E-state index is 0.428. The van der Waals surface area contributed by atoms with Gasteiger partial charge in [0.25, 0.3) is 0 Å². The summed E-state index contributed by atoms with van der Waals surface area (Å²) in [6, 6.07) is 8.71. The highest BCUT2D eigenvalue weighted by molar-refractivity contribution is 9.10. The van der Waals surface area contributed by atoms with Crippen molar-refractivity contribution in [1.29, 1.82) is 0 Å². The van der Waals surface area contributed by atoms with Crippen molar-refractivity contribution in [3.63, 3.8) is 0 Å². The monoisotopic (exact) mass is 341 g/mol. The van der Waals surface area contributed by atoms with Gasteiger partial charge < -0.3 is 5.32 Å². The summed E-state index contributed by atoms with van der Waals surface area (Å²) in [5.41, 5.74) is 2.55. The van der Waals surface area contributed by atoms with E-state index in [9.17, 15) is 0 Å². The molecule has 3 rings (SSSR count). The summed E-state index contributed by atoms with van der Waals surface area (Å²) in [5, 5.41) is 6.54. The predicted molar refractivity (Wildman–Crippen MR) is 82.8 cm³/mol. The SMILES string of the molecule is Clc1cc(NC2CCCc3sccc32)ccc1Br. The molecule has 1 aliphatic carbocycles. The fourth-order valence-corrected chi connectivity index (χ4v) is 3.84. The smallest absolute Gasteiger partial charge is 0.0568 e. The van der Waals surface area contributed by atoms with Crippen LogP contribution in [-0.4, -0.2) is 0 Å². The summed E-state index contributed by atoms with van der Waals surface area (Å²) in [4.78, 5) is 1.53. The maximum Gasteiger partial charge on any atom is 0.0568 e. The maximum atomic E-state index is 6.13. The number of rotatable bonds is 2. The van der Waals surface area contributed by atoms with Gasteiger partial charge >= 0.3 is 0 Å². The minimum Gasteiger partial charge on any atom is -0.378 e. The molecule has 18 heavy (non-hydrogen) atoms. The number of thiophene rings is 1. The van der Waals surface area contributed by atoms with E-state index in [1.165, 1.54) is 29.7 Å². The molecule has 0 aliphatic heterocycles. The second-order valence-corrected chi connectivity index (χ2v) is 6.78. The van der Waals surface area contributed by atoms with Gasteiger partial charge in [-0.15, -0.1) is 11.3 Å². The van der Waals surface area contributed by atoms with Gasteiger partial charge in [0, 0.05) is 15.0 Å². The molecule has 1 aromatic heterocycles. The molecule has 1 N–H and O–H groups in total.